The van der Waals surface area contributed by atoms with E-state index in [9.17, 15) is 22.7 Å². The Kier molecular flexibility index (Phi) is 5.95. The molecule has 4 rings (SSSR count). The molecule has 0 saturated heterocycles. The molecule has 0 aliphatic heterocycles. The summed E-state index contributed by atoms with van der Waals surface area (Å²) in [5.74, 6) is -1.69. The van der Waals surface area contributed by atoms with Gasteiger partial charge in [-0.2, -0.15) is 0 Å². The summed E-state index contributed by atoms with van der Waals surface area (Å²) < 4.78 is 42.2. The van der Waals surface area contributed by atoms with Crippen molar-refractivity contribution < 1.29 is 22.7 Å². The van der Waals surface area contributed by atoms with Gasteiger partial charge in [-0.1, -0.05) is 6.07 Å². The molecular weight excluding hydrogens is 455 g/mol. The zero-order valence-corrected chi connectivity index (χ0v) is 20.1. The third-order valence-electron chi connectivity index (χ3n) is 5.93. The quantitative estimate of drug-likeness (QED) is 0.403. The van der Waals surface area contributed by atoms with Gasteiger partial charge in [0.1, 0.15) is 5.82 Å². The largest absolute Gasteiger partial charge is 0.481 e. The molecule has 0 aliphatic rings. The molecule has 1 N–H and O–H groups in total. The van der Waals surface area contributed by atoms with Crippen molar-refractivity contribution in [1.29, 1.82) is 0 Å². The number of benzene rings is 3. The van der Waals surface area contributed by atoms with E-state index < -0.39 is 28.2 Å². The number of aryl methyl sites for hydroxylation is 2. The molecule has 0 spiro atoms. The van der Waals surface area contributed by atoms with Crippen molar-refractivity contribution in [2.24, 2.45) is 0 Å². The number of carbonyl (C=O) groups is 1. The number of aromatic nitrogens is 1. The first-order valence-corrected chi connectivity index (χ1v) is 12.1. The molecule has 0 saturated carbocycles. The number of rotatable bonds is 6. The van der Waals surface area contributed by atoms with Gasteiger partial charge in [0.15, 0.2) is 0 Å². The number of anilines is 2. The normalized spacial score (nSPS) is 11.7. The summed E-state index contributed by atoms with van der Waals surface area (Å²) in [7, 11) is -2.15. The Morgan fingerprint density at radius 1 is 0.941 bits per heavy atom. The van der Waals surface area contributed by atoms with Crippen molar-refractivity contribution in [2.45, 2.75) is 32.1 Å². The van der Waals surface area contributed by atoms with E-state index in [0.717, 1.165) is 26.5 Å². The first-order valence-electron chi connectivity index (χ1n) is 10.7. The summed E-state index contributed by atoms with van der Waals surface area (Å²) in [6, 6.07) is 16.4. The van der Waals surface area contributed by atoms with Crippen molar-refractivity contribution in [3.63, 3.8) is 0 Å². The lowest BCUT2D eigenvalue weighted by molar-refractivity contribution is -0.136. The molecule has 6 nitrogen and oxygen atoms in total. The Bertz CT molecular complexity index is 1500. The SMILES string of the molecule is Cc1cc(C)cc(N(C)c2ccc(S(=O)(=O)n3c(C)c(CC(=O)O)c4cc(F)ccc43)cc2)c1. The topological polar surface area (TPSA) is 79.6 Å². The average Bonchev–Trinajstić information content (AvgIpc) is 3.03. The van der Waals surface area contributed by atoms with Crippen molar-refractivity contribution in [3.8, 4) is 0 Å². The Balaban J connectivity index is 1.78. The lowest BCUT2D eigenvalue weighted by Gasteiger charge is -2.21. The molecule has 8 heteroatoms. The molecule has 3 aromatic carbocycles. The monoisotopic (exact) mass is 480 g/mol. The predicted octanol–water partition coefficient (Wildman–Crippen LogP) is 5.34. The van der Waals surface area contributed by atoms with Crippen LogP contribution in [0.1, 0.15) is 22.4 Å². The van der Waals surface area contributed by atoms with Crippen LogP contribution in [-0.2, 0) is 21.2 Å². The molecule has 1 aromatic heterocycles. The minimum atomic E-state index is -4.06. The van der Waals surface area contributed by atoms with Crippen LogP contribution in [0.2, 0.25) is 0 Å². The van der Waals surface area contributed by atoms with Gasteiger partial charge in [0.05, 0.1) is 16.8 Å². The van der Waals surface area contributed by atoms with E-state index in [2.05, 4.69) is 18.2 Å². The molecule has 0 unspecified atom stereocenters. The van der Waals surface area contributed by atoms with E-state index >= 15 is 0 Å². The van der Waals surface area contributed by atoms with Crippen LogP contribution in [0.25, 0.3) is 10.9 Å². The van der Waals surface area contributed by atoms with Gasteiger partial charge in [0.2, 0.25) is 0 Å². The fourth-order valence-electron chi connectivity index (χ4n) is 4.35. The lowest BCUT2D eigenvalue weighted by atomic mass is 10.1. The number of carboxylic acids is 1. The van der Waals surface area contributed by atoms with Crippen molar-refractivity contribution in [1.82, 2.24) is 3.97 Å². The summed E-state index contributed by atoms with van der Waals surface area (Å²) in [4.78, 5) is 13.4. The fraction of sp³-hybridized carbons (Fsp3) is 0.192. The highest BCUT2D eigenvalue weighted by Crippen LogP contribution is 2.32. The van der Waals surface area contributed by atoms with Crippen LogP contribution in [0.4, 0.5) is 15.8 Å². The summed E-state index contributed by atoms with van der Waals surface area (Å²) in [5.41, 5.74) is 4.82. The molecule has 0 atom stereocenters. The van der Waals surface area contributed by atoms with Gasteiger partial charge >= 0.3 is 5.97 Å². The second-order valence-electron chi connectivity index (χ2n) is 8.46. The molecule has 0 fully saturated rings. The number of hydrogen-bond donors (Lipinski definition) is 1. The minimum absolute atomic E-state index is 0.0521. The Hall–Kier alpha value is -3.65. The summed E-state index contributed by atoms with van der Waals surface area (Å²) in [6.07, 6.45) is -0.409. The van der Waals surface area contributed by atoms with Gasteiger partial charge < -0.3 is 10.0 Å². The molecular formula is C26H25FN2O4S. The maximum atomic E-state index is 13.9. The van der Waals surface area contributed by atoms with Crippen LogP contribution in [-0.4, -0.2) is 30.5 Å². The first-order chi connectivity index (χ1) is 16.0. The van der Waals surface area contributed by atoms with Crippen LogP contribution in [0.5, 0.6) is 0 Å². The average molecular weight is 481 g/mol. The Morgan fingerprint density at radius 2 is 1.56 bits per heavy atom. The minimum Gasteiger partial charge on any atom is -0.481 e. The predicted molar refractivity (Wildman–Crippen MR) is 131 cm³/mol. The van der Waals surface area contributed by atoms with Crippen molar-refractivity contribution in [2.75, 3.05) is 11.9 Å². The fourth-order valence-corrected chi connectivity index (χ4v) is 5.93. The molecule has 4 aromatic rings. The summed E-state index contributed by atoms with van der Waals surface area (Å²) in [6.45, 7) is 5.58. The second kappa shape index (κ2) is 8.61. The zero-order valence-electron chi connectivity index (χ0n) is 19.3. The number of hydrogen-bond acceptors (Lipinski definition) is 4. The van der Waals surface area contributed by atoms with Crippen molar-refractivity contribution in [3.05, 3.63) is 88.9 Å². The smallest absolute Gasteiger partial charge is 0.307 e. The van der Waals surface area contributed by atoms with Gasteiger partial charge in [0.25, 0.3) is 10.0 Å². The van der Waals surface area contributed by atoms with Crippen LogP contribution in [0.15, 0.2) is 65.6 Å². The number of halogens is 1. The van der Waals surface area contributed by atoms with E-state index in [-0.39, 0.29) is 27.1 Å². The maximum Gasteiger partial charge on any atom is 0.307 e. The van der Waals surface area contributed by atoms with Crippen LogP contribution < -0.4 is 4.90 Å². The third kappa shape index (κ3) is 4.17. The first kappa shape index (κ1) is 23.5. The summed E-state index contributed by atoms with van der Waals surface area (Å²) >= 11 is 0. The van der Waals surface area contributed by atoms with E-state index in [0.29, 0.717) is 0 Å². The number of aliphatic carboxylic acids is 1. The lowest BCUT2D eigenvalue weighted by Crippen LogP contribution is -2.15. The van der Waals surface area contributed by atoms with Crippen LogP contribution >= 0.6 is 0 Å². The van der Waals surface area contributed by atoms with Gasteiger partial charge in [-0.05, 0) is 92.1 Å². The second-order valence-corrected chi connectivity index (χ2v) is 10.3. The van der Waals surface area contributed by atoms with Crippen LogP contribution in [0, 0.1) is 26.6 Å². The van der Waals surface area contributed by atoms with Gasteiger partial charge in [-0.3, -0.25) is 4.79 Å². The maximum absolute atomic E-state index is 13.9. The number of fused-ring (bicyclic) bond motifs is 1. The Morgan fingerprint density at radius 3 is 2.15 bits per heavy atom. The van der Waals surface area contributed by atoms with Gasteiger partial charge in [-0.15, -0.1) is 0 Å². The van der Waals surface area contributed by atoms with Crippen molar-refractivity contribution >= 4 is 38.3 Å². The Labute approximate surface area is 197 Å². The molecule has 0 aliphatic carbocycles. The highest BCUT2D eigenvalue weighted by molar-refractivity contribution is 7.90. The highest BCUT2D eigenvalue weighted by atomic mass is 32.2. The number of nitrogens with zero attached hydrogens (tertiary/aromatic N) is 2. The standard InChI is InChI=1S/C26H25FN2O4S/c1-16-11-17(2)13-21(12-16)28(4)20-6-8-22(9-7-20)34(32,33)29-18(3)23(15-26(30)31)24-14-19(27)5-10-25(24)29/h5-14H,15H2,1-4H3,(H,30,31). The summed E-state index contributed by atoms with van der Waals surface area (Å²) in [5, 5.41) is 9.58. The number of carboxylic acid groups (broad SMARTS) is 1. The third-order valence-corrected chi connectivity index (χ3v) is 7.75. The van der Waals surface area contributed by atoms with E-state index in [4.69, 9.17) is 0 Å². The molecule has 176 valence electrons. The zero-order chi connectivity index (χ0) is 24.8. The molecule has 0 radical (unpaired) electrons. The highest BCUT2D eigenvalue weighted by Gasteiger charge is 2.26. The molecule has 0 amide bonds. The van der Waals surface area contributed by atoms with Crippen LogP contribution in [0.3, 0.4) is 0 Å². The van der Waals surface area contributed by atoms with E-state index in [1.165, 1.54) is 37.3 Å². The van der Waals surface area contributed by atoms with E-state index in [1.54, 1.807) is 12.1 Å². The van der Waals surface area contributed by atoms with Gasteiger partial charge in [-0.25, -0.2) is 16.8 Å². The molecule has 0 bridgehead atoms. The van der Waals surface area contributed by atoms with Gasteiger partial charge in [0, 0.05) is 29.5 Å². The van der Waals surface area contributed by atoms with E-state index in [1.807, 2.05) is 25.8 Å². The molecule has 34 heavy (non-hydrogen) atoms. The molecule has 1 heterocycles.